The average molecular weight is 294 g/mol. The van der Waals surface area contributed by atoms with Gasteiger partial charge in [-0.25, -0.2) is 0 Å². The Morgan fingerprint density at radius 1 is 1.05 bits per heavy atom. The largest absolute Gasteiger partial charge is 0.484 e. The maximum Gasteiger partial charge on any atom is 0.257 e. The van der Waals surface area contributed by atoms with E-state index in [2.05, 4.69) is 16.4 Å². The summed E-state index contributed by atoms with van der Waals surface area (Å²) in [6, 6.07) is 17.5. The molecule has 22 heavy (non-hydrogen) atoms. The molecule has 0 bridgehead atoms. The van der Waals surface area contributed by atoms with E-state index in [1.54, 1.807) is 0 Å². The summed E-state index contributed by atoms with van der Waals surface area (Å²) < 4.78 is 5.41. The Morgan fingerprint density at radius 3 is 2.68 bits per heavy atom. The fourth-order valence-corrected chi connectivity index (χ4v) is 2.39. The van der Waals surface area contributed by atoms with Gasteiger partial charge in [-0.15, -0.1) is 0 Å². The second-order valence-corrected chi connectivity index (χ2v) is 5.06. The van der Waals surface area contributed by atoms with Gasteiger partial charge in [-0.1, -0.05) is 36.4 Å². The molecule has 3 rings (SSSR count). The highest BCUT2D eigenvalue weighted by atomic mass is 16.5. The molecule has 4 nitrogen and oxygen atoms in total. The normalized spacial score (nSPS) is 10.5. The molecule has 0 aliphatic carbocycles. The second kappa shape index (κ2) is 6.80. The molecule has 3 aromatic rings. The summed E-state index contributed by atoms with van der Waals surface area (Å²) in [6.07, 6.45) is 2.79. The summed E-state index contributed by atoms with van der Waals surface area (Å²) in [5, 5.41) is 4.08. The van der Waals surface area contributed by atoms with Crippen LogP contribution in [0.25, 0.3) is 10.9 Å². The predicted molar refractivity (Wildman–Crippen MR) is 86.9 cm³/mol. The van der Waals surface area contributed by atoms with Crippen molar-refractivity contribution in [2.45, 2.75) is 6.42 Å². The van der Waals surface area contributed by atoms with Gasteiger partial charge in [0.15, 0.2) is 6.61 Å². The van der Waals surface area contributed by atoms with Gasteiger partial charge in [0.05, 0.1) is 0 Å². The van der Waals surface area contributed by atoms with Gasteiger partial charge in [-0.2, -0.15) is 0 Å². The lowest BCUT2D eigenvalue weighted by Gasteiger charge is -2.07. The topological polar surface area (TPSA) is 54.1 Å². The van der Waals surface area contributed by atoms with Crippen molar-refractivity contribution in [2.75, 3.05) is 13.2 Å². The molecular formula is C18H18N2O2. The molecule has 0 fully saturated rings. The first-order valence-corrected chi connectivity index (χ1v) is 7.32. The molecule has 0 atom stereocenters. The number of ether oxygens (including phenoxy) is 1. The molecule has 1 amide bonds. The lowest BCUT2D eigenvalue weighted by Crippen LogP contribution is -2.30. The van der Waals surface area contributed by atoms with E-state index in [9.17, 15) is 4.79 Å². The van der Waals surface area contributed by atoms with Crippen LogP contribution >= 0.6 is 0 Å². The molecular weight excluding hydrogens is 276 g/mol. The third-order valence-corrected chi connectivity index (χ3v) is 3.50. The van der Waals surface area contributed by atoms with Crippen molar-refractivity contribution in [1.29, 1.82) is 0 Å². The highest BCUT2D eigenvalue weighted by Crippen LogP contribution is 2.17. The van der Waals surface area contributed by atoms with E-state index >= 15 is 0 Å². The summed E-state index contributed by atoms with van der Waals surface area (Å²) in [5.74, 6) is 0.595. The van der Waals surface area contributed by atoms with E-state index in [-0.39, 0.29) is 12.5 Å². The number of aromatic amines is 1. The SMILES string of the molecule is O=C(COc1ccccc1)NCCc1c[nH]c2ccccc12. The molecule has 4 heteroatoms. The number of carbonyl (C=O) groups is 1. The Balaban J connectivity index is 1.45. The zero-order chi connectivity index (χ0) is 15.2. The van der Waals surface area contributed by atoms with Gasteiger partial charge in [0, 0.05) is 23.6 Å². The van der Waals surface area contributed by atoms with Gasteiger partial charge in [0.1, 0.15) is 5.75 Å². The number of benzene rings is 2. The average Bonchev–Trinajstić information content (AvgIpc) is 2.97. The molecule has 0 saturated carbocycles. The van der Waals surface area contributed by atoms with Gasteiger partial charge < -0.3 is 15.0 Å². The van der Waals surface area contributed by atoms with Crippen LogP contribution in [0.4, 0.5) is 0 Å². The van der Waals surface area contributed by atoms with Crippen molar-refractivity contribution >= 4 is 16.8 Å². The first-order valence-electron chi connectivity index (χ1n) is 7.32. The number of aromatic nitrogens is 1. The van der Waals surface area contributed by atoms with E-state index in [1.807, 2.05) is 54.7 Å². The van der Waals surface area contributed by atoms with Crippen LogP contribution in [0.5, 0.6) is 5.75 Å². The maximum atomic E-state index is 11.8. The summed E-state index contributed by atoms with van der Waals surface area (Å²) in [4.78, 5) is 15.0. The molecule has 1 heterocycles. The molecule has 2 N–H and O–H groups in total. The van der Waals surface area contributed by atoms with Crippen molar-refractivity contribution < 1.29 is 9.53 Å². The Bertz CT molecular complexity index is 750. The Kier molecular flexibility index (Phi) is 4.39. The zero-order valence-corrected chi connectivity index (χ0v) is 12.2. The summed E-state index contributed by atoms with van der Waals surface area (Å²) in [7, 11) is 0. The third kappa shape index (κ3) is 3.47. The molecule has 112 valence electrons. The first kappa shape index (κ1) is 14.2. The van der Waals surface area contributed by atoms with E-state index in [1.165, 1.54) is 10.9 Å². The van der Waals surface area contributed by atoms with Gasteiger partial charge in [0.25, 0.3) is 5.91 Å². The minimum absolute atomic E-state index is 0.0396. The van der Waals surface area contributed by atoms with Crippen molar-refractivity contribution in [3.63, 3.8) is 0 Å². The molecule has 0 saturated heterocycles. The zero-order valence-electron chi connectivity index (χ0n) is 12.2. The van der Waals surface area contributed by atoms with Crippen LogP contribution in [-0.4, -0.2) is 24.0 Å². The van der Waals surface area contributed by atoms with Crippen LogP contribution in [0, 0.1) is 0 Å². The van der Waals surface area contributed by atoms with Crippen LogP contribution in [0.3, 0.4) is 0 Å². The number of fused-ring (bicyclic) bond motifs is 1. The number of rotatable bonds is 6. The predicted octanol–water partition coefficient (Wildman–Crippen LogP) is 2.91. The first-order chi connectivity index (χ1) is 10.8. The Morgan fingerprint density at radius 2 is 1.82 bits per heavy atom. The third-order valence-electron chi connectivity index (χ3n) is 3.50. The number of carbonyl (C=O) groups excluding carboxylic acids is 1. The van der Waals surface area contributed by atoms with Crippen molar-refractivity contribution in [2.24, 2.45) is 0 Å². The summed E-state index contributed by atoms with van der Waals surface area (Å²) >= 11 is 0. The van der Waals surface area contributed by atoms with Gasteiger partial charge in [0.2, 0.25) is 0 Å². The Labute approximate surface area is 129 Å². The lowest BCUT2D eigenvalue weighted by molar-refractivity contribution is -0.123. The number of hydrogen-bond acceptors (Lipinski definition) is 2. The highest BCUT2D eigenvalue weighted by molar-refractivity contribution is 5.83. The van der Waals surface area contributed by atoms with Crippen molar-refractivity contribution in [3.05, 3.63) is 66.4 Å². The quantitative estimate of drug-likeness (QED) is 0.734. The van der Waals surface area contributed by atoms with E-state index in [0.29, 0.717) is 12.3 Å². The smallest absolute Gasteiger partial charge is 0.257 e. The molecule has 1 aromatic heterocycles. The lowest BCUT2D eigenvalue weighted by atomic mass is 10.1. The molecule has 0 aliphatic heterocycles. The number of para-hydroxylation sites is 2. The van der Waals surface area contributed by atoms with Crippen molar-refractivity contribution in [3.8, 4) is 5.75 Å². The Hall–Kier alpha value is -2.75. The minimum atomic E-state index is -0.108. The van der Waals surface area contributed by atoms with Crippen LogP contribution in [0.15, 0.2) is 60.8 Å². The van der Waals surface area contributed by atoms with Crippen LogP contribution in [-0.2, 0) is 11.2 Å². The second-order valence-electron chi connectivity index (χ2n) is 5.06. The van der Waals surface area contributed by atoms with Gasteiger partial charge in [-0.05, 0) is 30.2 Å². The van der Waals surface area contributed by atoms with Crippen molar-refractivity contribution in [1.82, 2.24) is 10.3 Å². The van der Waals surface area contributed by atoms with E-state index < -0.39 is 0 Å². The monoisotopic (exact) mass is 294 g/mol. The molecule has 0 aliphatic rings. The summed E-state index contributed by atoms with van der Waals surface area (Å²) in [6.45, 7) is 0.636. The molecule has 0 radical (unpaired) electrons. The number of H-pyrrole nitrogens is 1. The standard InChI is InChI=1S/C18H18N2O2/c21-18(13-22-15-6-2-1-3-7-15)19-11-10-14-12-20-17-9-5-4-8-16(14)17/h1-9,12,20H,10-11,13H2,(H,19,21). The highest BCUT2D eigenvalue weighted by Gasteiger charge is 2.05. The summed E-state index contributed by atoms with van der Waals surface area (Å²) in [5.41, 5.74) is 2.33. The van der Waals surface area contributed by atoms with Gasteiger partial charge in [-0.3, -0.25) is 4.79 Å². The van der Waals surface area contributed by atoms with E-state index in [0.717, 1.165) is 11.9 Å². The maximum absolute atomic E-state index is 11.8. The van der Waals surface area contributed by atoms with Crippen LogP contribution in [0.1, 0.15) is 5.56 Å². The fraction of sp³-hybridized carbons (Fsp3) is 0.167. The molecule has 2 aromatic carbocycles. The molecule has 0 unspecified atom stereocenters. The number of nitrogens with one attached hydrogen (secondary N) is 2. The van der Waals surface area contributed by atoms with E-state index in [4.69, 9.17) is 4.74 Å². The number of amides is 1. The van der Waals surface area contributed by atoms with Gasteiger partial charge >= 0.3 is 0 Å². The number of hydrogen-bond donors (Lipinski definition) is 2. The molecule has 0 spiro atoms. The van der Waals surface area contributed by atoms with Crippen LogP contribution in [0.2, 0.25) is 0 Å². The fourth-order valence-electron chi connectivity index (χ4n) is 2.39. The minimum Gasteiger partial charge on any atom is -0.484 e. The van der Waals surface area contributed by atoms with Crippen LogP contribution < -0.4 is 10.1 Å².